The molecule has 0 N–H and O–H groups in total. The van der Waals surface area contributed by atoms with Gasteiger partial charge in [0.15, 0.2) is 0 Å². The van der Waals surface area contributed by atoms with E-state index in [2.05, 4.69) is 11.1 Å². The lowest BCUT2D eigenvalue weighted by Gasteiger charge is -2.32. The number of hydrogen-bond donors (Lipinski definition) is 0. The summed E-state index contributed by atoms with van der Waals surface area (Å²) in [4.78, 5) is 23.6. The van der Waals surface area contributed by atoms with Crippen molar-refractivity contribution in [3.05, 3.63) is 94.8 Å². The molecule has 1 fully saturated rings. The maximum atomic E-state index is 14.1. The molecule has 0 spiro atoms. The van der Waals surface area contributed by atoms with Crippen molar-refractivity contribution in [1.82, 2.24) is 14.9 Å². The van der Waals surface area contributed by atoms with Gasteiger partial charge in [0, 0.05) is 43.0 Å². The van der Waals surface area contributed by atoms with Crippen molar-refractivity contribution in [3.63, 3.8) is 0 Å². The van der Waals surface area contributed by atoms with Gasteiger partial charge < -0.3 is 4.90 Å². The number of likely N-dealkylation sites (tertiary alicyclic amines) is 1. The standard InChI is InChI=1S/C24H24FN3O/c1-17-13-18(14-19-7-2-3-9-21(19)25)15-23(27-17)20-8-6-12-28(16-20)24(29)22-10-4-5-11-26-22/h2-5,7,9-11,13,15,20H,6,8,12,14,16H2,1H3. The number of piperidine rings is 1. The summed E-state index contributed by atoms with van der Waals surface area (Å²) in [6.07, 6.45) is 4.10. The Balaban J connectivity index is 1.54. The third-order valence-corrected chi connectivity index (χ3v) is 5.40. The molecule has 0 bridgehead atoms. The SMILES string of the molecule is Cc1cc(Cc2ccccc2F)cc(C2CCCN(C(=O)c3ccccn3)C2)n1. The van der Waals surface area contributed by atoms with Gasteiger partial charge in [0.05, 0.1) is 0 Å². The number of rotatable bonds is 4. The van der Waals surface area contributed by atoms with E-state index in [1.807, 2.05) is 42.2 Å². The minimum atomic E-state index is -0.187. The summed E-state index contributed by atoms with van der Waals surface area (Å²) >= 11 is 0. The first kappa shape index (κ1) is 19.2. The molecule has 4 nitrogen and oxygen atoms in total. The number of amides is 1. The first-order valence-electron chi connectivity index (χ1n) is 10.0. The molecule has 3 heterocycles. The van der Waals surface area contributed by atoms with Crippen molar-refractivity contribution >= 4 is 5.91 Å². The molecule has 2 aromatic heterocycles. The number of pyridine rings is 2. The third kappa shape index (κ3) is 4.50. The Hall–Kier alpha value is -3.08. The lowest BCUT2D eigenvalue weighted by Crippen LogP contribution is -2.39. The Bertz CT molecular complexity index is 1010. The second-order valence-electron chi connectivity index (χ2n) is 7.62. The van der Waals surface area contributed by atoms with E-state index in [0.29, 0.717) is 24.2 Å². The molecule has 1 amide bonds. The van der Waals surface area contributed by atoms with Gasteiger partial charge in [-0.1, -0.05) is 24.3 Å². The molecule has 1 aliphatic rings. The second-order valence-corrected chi connectivity index (χ2v) is 7.62. The van der Waals surface area contributed by atoms with Crippen LogP contribution in [0.5, 0.6) is 0 Å². The normalized spacial score (nSPS) is 16.6. The fourth-order valence-electron chi connectivity index (χ4n) is 4.00. The van der Waals surface area contributed by atoms with Gasteiger partial charge in [-0.25, -0.2) is 4.39 Å². The van der Waals surface area contributed by atoms with Crippen molar-refractivity contribution in [3.8, 4) is 0 Å². The van der Waals surface area contributed by atoms with E-state index in [0.717, 1.165) is 36.3 Å². The van der Waals surface area contributed by atoms with Crippen LogP contribution in [0.1, 0.15) is 51.8 Å². The highest BCUT2D eigenvalue weighted by Gasteiger charge is 2.27. The highest BCUT2D eigenvalue weighted by Crippen LogP contribution is 2.28. The van der Waals surface area contributed by atoms with Gasteiger partial charge >= 0.3 is 0 Å². The minimum absolute atomic E-state index is 0.0328. The fraction of sp³-hybridized carbons (Fsp3) is 0.292. The first-order valence-corrected chi connectivity index (χ1v) is 10.0. The van der Waals surface area contributed by atoms with Gasteiger partial charge in [0.2, 0.25) is 0 Å². The van der Waals surface area contributed by atoms with Gasteiger partial charge in [0.1, 0.15) is 11.5 Å². The van der Waals surface area contributed by atoms with Crippen molar-refractivity contribution in [1.29, 1.82) is 0 Å². The van der Waals surface area contributed by atoms with Crippen LogP contribution in [-0.4, -0.2) is 33.9 Å². The smallest absolute Gasteiger partial charge is 0.272 e. The molecule has 0 saturated carbocycles. The van der Waals surface area contributed by atoms with Gasteiger partial charge in [-0.3, -0.25) is 14.8 Å². The van der Waals surface area contributed by atoms with E-state index >= 15 is 0 Å². The molecule has 5 heteroatoms. The van der Waals surface area contributed by atoms with Crippen LogP contribution in [-0.2, 0) is 6.42 Å². The summed E-state index contributed by atoms with van der Waals surface area (Å²) < 4.78 is 14.1. The second kappa shape index (κ2) is 8.52. The molecule has 1 unspecified atom stereocenters. The number of hydrogen-bond acceptors (Lipinski definition) is 3. The van der Waals surface area contributed by atoms with Crippen LogP contribution in [0.4, 0.5) is 4.39 Å². The number of carbonyl (C=O) groups is 1. The predicted octanol–water partition coefficient (Wildman–Crippen LogP) is 4.53. The topological polar surface area (TPSA) is 46.1 Å². The predicted molar refractivity (Wildman–Crippen MR) is 110 cm³/mol. The van der Waals surface area contributed by atoms with Gasteiger partial charge in [0.25, 0.3) is 5.91 Å². The Labute approximate surface area is 170 Å². The van der Waals surface area contributed by atoms with Crippen molar-refractivity contribution < 1.29 is 9.18 Å². The molecule has 4 rings (SSSR count). The first-order chi connectivity index (χ1) is 14.1. The largest absolute Gasteiger partial charge is 0.337 e. The Morgan fingerprint density at radius 1 is 1.17 bits per heavy atom. The molecule has 0 aliphatic carbocycles. The molecule has 148 valence electrons. The van der Waals surface area contributed by atoms with Crippen molar-refractivity contribution in [2.45, 2.75) is 32.1 Å². The summed E-state index contributed by atoms with van der Waals surface area (Å²) in [6, 6.07) is 16.3. The summed E-state index contributed by atoms with van der Waals surface area (Å²) in [6.45, 7) is 3.33. The average molecular weight is 389 g/mol. The maximum absolute atomic E-state index is 14.1. The quantitative estimate of drug-likeness (QED) is 0.658. The molecule has 1 saturated heterocycles. The van der Waals surface area contributed by atoms with Crippen molar-refractivity contribution in [2.75, 3.05) is 13.1 Å². The van der Waals surface area contributed by atoms with Crippen LogP contribution in [0.15, 0.2) is 60.8 Å². The molecular weight excluding hydrogens is 365 g/mol. The Kier molecular flexibility index (Phi) is 5.65. The lowest BCUT2D eigenvalue weighted by molar-refractivity contribution is 0.0700. The third-order valence-electron chi connectivity index (χ3n) is 5.40. The summed E-state index contributed by atoms with van der Waals surface area (Å²) in [5.74, 6) is -0.0430. The number of carbonyl (C=O) groups excluding carboxylic acids is 1. The zero-order valence-corrected chi connectivity index (χ0v) is 16.5. The molecule has 29 heavy (non-hydrogen) atoms. The summed E-state index contributed by atoms with van der Waals surface area (Å²) in [5, 5.41) is 0. The Morgan fingerprint density at radius 3 is 2.79 bits per heavy atom. The fourth-order valence-corrected chi connectivity index (χ4v) is 4.00. The molecule has 1 atom stereocenters. The number of halogens is 1. The van der Waals surface area contributed by atoms with E-state index in [1.165, 1.54) is 6.07 Å². The summed E-state index contributed by atoms with van der Waals surface area (Å²) in [7, 11) is 0. The minimum Gasteiger partial charge on any atom is -0.337 e. The zero-order valence-electron chi connectivity index (χ0n) is 16.5. The highest BCUT2D eigenvalue weighted by atomic mass is 19.1. The van der Waals surface area contributed by atoms with Crippen LogP contribution in [0.25, 0.3) is 0 Å². The van der Waals surface area contributed by atoms with Crippen LogP contribution in [0.3, 0.4) is 0 Å². The molecule has 0 radical (unpaired) electrons. The molecular formula is C24H24FN3O. The number of aromatic nitrogens is 2. The van der Waals surface area contributed by atoms with E-state index in [1.54, 1.807) is 18.3 Å². The van der Waals surface area contributed by atoms with Gasteiger partial charge in [-0.2, -0.15) is 0 Å². The molecule has 1 aromatic carbocycles. The lowest BCUT2D eigenvalue weighted by atomic mass is 9.92. The van der Waals surface area contributed by atoms with E-state index < -0.39 is 0 Å². The molecule has 1 aliphatic heterocycles. The van der Waals surface area contributed by atoms with Crippen LogP contribution in [0.2, 0.25) is 0 Å². The van der Waals surface area contributed by atoms with E-state index in [4.69, 9.17) is 4.98 Å². The van der Waals surface area contributed by atoms with E-state index in [9.17, 15) is 9.18 Å². The van der Waals surface area contributed by atoms with E-state index in [-0.39, 0.29) is 17.6 Å². The van der Waals surface area contributed by atoms with Crippen LogP contribution in [0, 0.1) is 12.7 Å². The van der Waals surface area contributed by atoms with Crippen LogP contribution < -0.4 is 0 Å². The maximum Gasteiger partial charge on any atom is 0.272 e. The Morgan fingerprint density at radius 2 is 2.00 bits per heavy atom. The van der Waals surface area contributed by atoms with Gasteiger partial charge in [-0.05, 0) is 61.2 Å². The van der Waals surface area contributed by atoms with Crippen LogP contribution >= 0.6 is 0 Å². The number of nitrogens with zero attached hydrogens (tertiary/aromatic N) is 3. The number of aryl methyl sites for hydroxylation is 1. The van der Waals surface area contributed by atoms with Gasteiger partial charge in [-0.15, -0.1) is 0 Å². The monoisotopic (exact) mass is 389 g/mol. The summed E-state index contributed by atoms with van der Waals surface area (Å²) in [5.41, 5.74) is 4.10. The zero-order chi connectivity index (χ0) is 20.2. The molecule has 3 aromatic rings. The van der Waals surface area contributed by atoms with Crippen molar-refractivity contribution in [2.24, 2.45) is 0 Å². The number of benzene rings is 1. The highest BCUT2D eigenvalue weighted by molar-refractivity contribution is 5.92. The average Bonchev–Trinajstić information content (AvgIpc) is 2.75.